The Kier molecular flexibility index (Phi) is 7.00. The smallest absolute Gasteiger partial charge is 0.260 e. The first-order chi connectivity index (χ1) is 13.0. The van der Waals surface area contributed by atoms with Gasteiger partial charge in [0, 0.05) is 31.2 Å². The van der Waals surface area contributed by atoms with Crippen molar-refractivity contribution in [3.8, 4) is 5.75 Å². The molecule has 144 valence electrons. The molecule has 1 unspecified atom stereocenters. The molecule has 4 nitrogen and oxygen atoms in total. The van der Waals surface area contributed by atoms with E-state index in [0.29, 0.717) is 16.6 Å². The van der Waals surface area contributed by atoms with Gasteiger partial charge in [0.1, 0.15) is 5.75 Å². The number of likely N-dealkylation sites (tertiary alicyclic amines) is 1. The van der Waals surface area contributed by atoms with E-state index in [-0.39, 0.29) is 18.6 Å². The number of rotatable bonds is 7. The number of carbonyl (C=O) groups excluding carboxylic acids is 1. The lowest BCUT2D eigenvalue weighted by atomic mass is 10.1. The maximum Gasteiger partial charge on any atom is 0.260 e. The number of halogens is 2. The molecule has 27 heavy (non-hydrogen) atoms. The molecule has 1 N–H and O–H groups in total. The molecule has 0 aromatic heterocycles. The lowest BCUT2D eigenvalue weighted by Crippen LogP contribution is -2.32. The quantitative estimate of drug-likeness (QED) is 0.714. The SMILES string of the molecule is CC(NCc1ccccc1OCC(=O)N1CCCC1)c1ccc(Cl)c(Cl)c1. The zero-order valence-electron chi connectivity index (χ0n) is 15.4. The highest BCUT2D eigenvalue weighted by molar-refractivity contribution is 6.42. The van der Waals surface area contributed by atoms with Crippen molar-refractivity contribution < 1.29 is 9.53 Å². The summed E-state index contributed by atoms with van der Waals surface area (Å²) < 4.78 is 5.81. The second kappa shape index (κ2) is 9.45. The van der Waals surface area contributed by atoms with Crippen molar-refractivity contribution in [2.45, 2.75) is 32.4 Å². The van der Waals surface area contributed by atoms with Crippen LogP contribution in [0.4, 0.5) is 0 Å². The van der Waals surface area contributed by atoms with Gasteiger partial charge in [0.25, 0.3) is 5.91 Å². The lowest BCUT2D eigenvalue weighted by molar-refractivity contribution is -0.132. The van der Waals surface area contributed by atoms with Crippen LogP contribution >= 0.6 is 23.2 Å². The highest BCUT2D eigenvalue weighted by atomic mass is 35.5. The predicted octanol–water partition coefficient (Wildman–Crippen LogP) is 4.85. The number of hydrogen-bond donors (Lipinski definition) is 1. The fraction of sp³-hybridized carbons (Fsp3) is 0.381. The first kappa shape index (κ1) is 20.0. The number of nitrogens with zero attached hydrogens (tertiary/aromatic N) is 1. The van der Waals surface area contributed by atoms with Crippen LogP contribution in [-0.4, -0.2) is 30.5 Å². The van der Waals surface area contributed by atoms with Gasteiger partial charge in [-0.3, -0.25) is 4.79 Å². The van der Waals surface area contributed by atoms with E-state index in [0.717, 1.165) is 42.8 Å². The molecular weight excluding hydrogens is 383 g/mol. The molecule has 1 atom stereocenters. The van der Waals surface area contributed by atoms with E-state index >= 15 is 0 Å². The average molecular weight is 407 g/mol. The summed E-state index contributed by atoms with van der Waals surface area (Å²) in [4.78, 5) is 14.1. The maximum absolute atomic E-state index is 12.2. The van der Waals surface area contributed by atoms with Crippen LogP contribution in [0, 0.1) is 0 Å². The Morgan fingerprint density at radius 3 is 2.63 bits per heavy atom. The van der Waals surface area contributed by atoms with Crippen molar-refractivity contribution in [2.75, 3.05) is 19.7 Å². The van der Waals surface area contributed by atoms with Gasteiger partial charge in [-0.15, -0.1) is 0 Å². The molecule has 2 aromatic rings. The third-order valence-corrected chi connectivity index (χ3v) is 5.56. The Labute approximate surface area is 170 Å². The number of carbonyl (C=O) groups is 1. The zero-order chi connectivity index (χ0) is 19.2. The molecule has 6 heteroatoms. The summed E-state index contributed by atoms with van der Waals surface area (Å²) in [5, 5.41) is 4.57. The van der Waals surface area contributed by atoms with Gasteiger partial charge in [-0.05, 0) is 43.5 Å². The van der Waals surface area contributed by atoms with Gasteiger partial charge in [0.2, 0.25) is 0 Å². The Morgan fingerprint density at radius 2 is 1.89 bits per heavy atom. The van der Waals surface area contributed by atoms with Crippen LogP contribution in [0.2, 0.25) is 10.0 Å². The molecule has 1 aliphatic rings. The molecule has 1 aliphatic heterocycles. The number of hydrogen-bond acceptors (Lipinski definition) is 3. The van der Waals surface area contributed by atoms with E-state index in [1.54, 1.807) is 6.07 Å². The van der Waals surface area contributed by atoms with Gasteiger partial charge in [-0.1, -0.05) is 47.5 Å². The monoisotopic (exact) mass is 406 g/mol. The molecule has 0 saturated carbocycles. The Morgan fingerprint density at radius 1 is 1.15 bits per heavy atom. The van der Waals surface area contributed by atoms with Crippen molar-refractivity contribution in [3.05, 3.63) is 63.6 Å². The summed E-state index contributed by atoms with van der Waals surface area (Å²) in [7, 11) is 0. The van der Waals surface area contributed by atoms with Crippen molar-refractivity contribution in [1.82, 2.24) is 10.2 Å². The molecule has 1 saturated heterocycles. The molecular formula is C21H24Cl2N2O2. The average Bonchev–Trinajstić information content (AvgIpc) is 3.22. The Hall–Kier alpha value is -1.75. The fourth-order valence-corrected chi connectivity index (χ4v) is 3.46. The summed E-state index contributed by atoms with van der Waals surface area (Å²) in [6, 6.07) is 13.5. The van der Waals surface area contributed by atoms with Gasteiger partial charge in [-0.2, -0.15) is 0 Å². The summed E-state index contributed by atoms with van der Waals surface area (Å²) in [5.74, 6) is 0.790. The van der Waals surface area contributed by atoms with Gasteiger partial charge < -0.3 is 15.0 Å². The summed E-state index contributed by atoms with van der Waals surface area (Å²) in [6.45, 7) is 4.45. The van der Waals surface area contributed by atoms with Gasteiger partial charge in [0.15, 0.2) is 6.61 Å². The highest BCUT2D eigenvalue weighted by Crippen LogP contribution is 2.26. The maximum atomic E-state index is 12.2. The molecule has 3 rings (SSSR count). The predicted molar refractivity (Wildman–Crippen MR) is 109 cm³/mol. The summed E-state index contributed by atoms with van der Waals surface area (Å²) >= 11 is 12.1. The standard InChI is InChI=1S/C21H24Cl2N2O2/c1-15(16-8-9-18(22)19(23)12-16)24-13-17-6-2-3-7-20(17)27-14-21(26)25-10-4-5-11-25/h2-3,6-9,12,15,24H,4-5,10-11,13-14H2,1H3. The third kappa shape index (κ3) is 5.38. The summed E-state index contributed by atoms with van der Waals surface area (Å²) in [5.41, 5.74) is 2.07. The first-order valence-corrected chi connectivity index (χ1v) is 9.97. The van der Waals surface area contributed by atoms with E-state index < -0.39 is 0 Å². The molecule has 2 aromatic carbocycles. The lowest BCUT2D eigenvalue weighted by Gasteiger charge is -2.18. The molecule has 1 heterocycles. The van der Waals surface area contributed by atoms with Gasteiger partial charge >= 0.3 is 0 Å². The molecule has 0 bridgehead atoms. The minimum absolute atomic E-state index is 0.0550. The minimum atomic E-state index is 0.0550. The molecule has 0 aliphatic carbocycles. The van der Waals surface area contributed by atoms with Crippen molar-refractivity contribution in [3.63, 3.8) is 0 Å². The molecule has 0 spiro atoms. The molecule has 0 radical (unpaired) electrons. The molecule has 1 fully saturated rings. The second-order valence-electron chi connectivity index (χ2n) is 6.76. The van der Waals surface area contributed by atoms with Crippen molar-refractivity contribution >= 4 is 29.1 Å². The summed E-state index contributed by atoms with van der Waals surface area (Å²) in [6.07, 6.45) is 2.16. The second-order valence-corrected chi connectivity index (χ2v) is 7.57. The Bertz CT molecular complexity index is 792. The van der Waals surface area contributed by atoms with Crippen LogP contribution in [0.3, 0.4) is 0 Å². The number of amides is 1. The topological polar surface area (TPSA) is 41.6 Å². The van der Waals surface area contributed by atoms with E-state index in [1.807, 2.05) is 41.3 Å². The van der Waals surface area contributed by atoms with Gasteiger partial charge in [-0.25, -0.2) is 0 Å². The minimum Gasteiger partial charge on any atom is -0.483 e. The van der Waals surface area contributed by atoms with E-state index in [4.69, 9.17) is 27.9 Å². The number of benzene rings is 2. The number of para-hydroxylation sites is 1. The largest absolute Gasteiger partial charge is 0.483 e. The van der Waals surface area contributed by atoms with Crippen LogP contribution in [0.5, 0.6) is 5.75 Å². The third-order valence-electron chi connectivity index (χ3n) is 4.82. The zero-order valence-corrected chi connectivity index (χ0v) is 16.9. The van der Waals surface area contributed by atoms with Crippen LogP contribution < -0.4 is 10.1 Å². The number of ether oxygens (including phenoxy) is 1. The van der Waals surface area contributed by atoms with Crippen LogP contribution in [0.25, 0.3) is 0 Å². The highest BCUT2D eigenvalue weighted by Gasteiger charge is 2.18. The number of nitrogens with one attached hydrogen (secondary N) is 1. The van der Waals surface area contributed by atoms with E-state index in [1.165, 1.54) is 0 Å². The van der Waals surface area contributed by atoms with Gasteiger partial charge in [0.05, 0.1) is 10.0 Å². The normalized spacial score (nSPS) is 15.0. The van der Waals surface area contributed by atoms with Crippen molar-refractivity contribution in [2.24, 2.45) is 0 Å². The fourth-order valence-electron chi connectivity index (χ4n) is 3.15. The molecule has 1 amide bonds. The Balaban J connectivity index is 1.58. The van der Waals surface area contributed by atoms with E-state index in [2.05, 4.69) is 12.2 Å². The van der Waals surface area contributed by atoms with E-state index in [9.17, 15) is 4.79 Å². The van der Waals surface area contributed by atoms with Crippen LogP contribution in [0.15, 0.2) is 42.5 Å². The van der Waals surface area contributed by atoms with Crippen LogP contribution in [-0.2, 0) is 11.3 Å². The van der Waals surface area contributed by atoms with Crippen LogP contribution in [0.1, 0.15) is 36.9 Å². The van der Waals surface area contributed by atoms with Crippen molar-refractivity contribution in [1.29, 1.82) is 0 Å². The first-order valence-electron chi connectivity index (χ1n) is 9.21.